The molecule has 3 heteroatoms. The zero-order valence-electron chi connectivity index (χ0n) is 9.37. The van der Waals surface area contributed by atoms with Crippen molar-refractivity contribution in [2.75, 3.05) is 0 Å². The maximum absolute atomic E-state index is 6.14. The van der Waals surface area contributed by atoms with Crippen molar-refractivity contribution < 1.29 is 0 Å². The second-order valence-electron chi connectivity index (χ2n) is 4.28. The Kier molecular flexibility index (Phi) is 2.68. The third-order valence-corrected chi connectivity index (χ3v) is 2.93. The Morgan fingerprint density at radius 2 is 1.94 bits per heavy atom. The summed E-state index contributed by atoms with van der Waals surface area (Å²) < 4.78 is 0. The monoisotopic (exact) mass is 232 g/mol. The molecule has 16 heavy (non-hydrogen) atoms. The van der Waals surface area contributed by atoms with E-state index >= 15 is 0 Å². The van der Waals surface area contributed by atoms with Crippen LogP contribution in [0.5, 0.6) is 0 Å². The van der Waals surface area contributed by atoms with Gasteiger partial charge in [-0.1, -0.05) is 29.8 Å². The predicted molar refractivity (Wildman–Crippen MR) is 67.8 cm³/mol. The number of hydrogen-bond donors (Lipinski definition) is 0. The number of allylic oxidation sites excluding steroid dienone is 1. The lowest BCUT2D eigenvalue weighted by Gasteiger charge is -2.18. The molecule has 1 aromatic carbocycles. The Morgan fingerprint density at radius 1 is 1.25 bits per heavy atom. The number of hydrogen-bond acceptors (Lipinski definition) is 2. The molecule has 0 saturated heterocycles. The third kappa shape index (κ3) is 1.81. The number of nitrogens with zero attached hydrogens (tertiary/aromatic N) is 2. The fourth-order valence-corrected chi connectivity index (χ4v) is 1.66. The van der Waals surface area contributed by atoms with Crippen LogP contribution >= 0.6 is 11.6 Å². The van der Waals surface area contributed by atoms with Crippen LogP contribution in [0.15, 0.2) is 36.9 Å². The highest BCUT2D eigenvalue weighted by atomic mass is 35.5. The summed E-state index contributed by atoms with van der Waals surface area (Å²) >= 11 is 6.14. The first-order valence-electron chi connectivity index (χ1n) is 5.11. The first-order valence-corrected chi connectivity index (χ1v) is 5.49. The average molecular weight is 233 g/mol. The highest BCUT2D eigenvalue weighted by molar-refractivity contribution is 6.34. The van der Waals surface area contributed by atoms with E-state index in [-0.39, 0.29) is 5.41 Å². The molecule has 0 aliphatic carbocycles. The van der Waals surface area contributed by atoms with E-state index in [1.807, 2.05) is 44.2 Å². The number of para-hydroxylation sites is 1. The van der Waals surface area contributed by atoms with Gasteiger partial charge in [0.05, 0.1) is 5.52 Å². The summed E-state index contributed by atoms with van der Waals surface area (Å²) in [6.07, 6.45) is 1.83. The van der Waals surface area contributed by atoms with Crippen LogP contribution in [0.25, 0.3) is 10.9 Å². The first-order chi connectivity index (χ1) is 7.54. The van der Waals surface area contributed by atoms with Crippen molar-refractivity contribution in [3.63, 3.8) is 0 Å². The number of halogens is 1. The van der Waals surface area contributed by atoms with Gasteiger partial charge in [-0.05, 0) is 26.0 Å². The Labute approximate surface area is 100.0 Å². The van der Waals surface area contributed by atoms with Crippen molar-refractivity contribution in [1.29, 1.82) is 0 Å². The SMILES string of the molecule is C=CC(C)(C)c1nc(Cl)c2ccccc2n1. The second kappa shape index (κ2) is 3.87. The van der Waals surface area contributed by atoms with Crippen molar-refractivity contribution in [1.82, 2.24) is 9.97 Å². The lowest BCUT2D eigenvalue weighted by atomic mass is 9.92. The van der Waals surface area contributed by atoms with Gasteiger partial charge in [0.1, 0.15) is 11.0 Å². The summed E-state index contributed by atoms with van der Waals surface area (Å²) in [5.41, 5.74) is 0.598. The Balaban J connectivity index is 2.71. The summed E-state index contributed by atoms with van der Waals surface area (Å²) in [6, 6.07) is 7.72. The standard InChI is InChI=1S/C13H13ClN2/c1-4-13(2,3)12-15-10-8-6-5-7-9(10)11(14)16-12/h4-8H,1H2,2-3H3. The average Bonchev–Trinajstić information content (AvgIpc) is 2.29. The van der Waals surface area contributed by atoms with E-state index in [0.717, 1.165) is 10.9 Å². The molecule has 0 aliphatic heterocycles. The number of aromatic nitrogens is 2. The molecule has 82 valence electrons. The summed E-state index contributed by atoms with van der Waals surface area (Å²) in [6.45, 7) is 7.82. The van der Waals surface area contributed by atoms with E-state index < -0.39 is 0 Å². The third-order valence-electron chi connectivity index (χ3n) is 2.64. The van der Waals surface area contributed by atoms with Gasteiger partial charge in [0, 0.05) is 10.8 Å². The summed E-state index contributed by atoms with van der Waals surface area (Å²) in [4.78, 5) is 8.84. The molecule has 0 spiro atoms. The van der Waals surface area contributed by atoms with Gasteiger partial charge < -0.3 is 0 Å². The lowest BCUT2D eigenvalue weighted by Crippen LogP contribution is -2.17. The molecular weight excluding hydrogens is 220 g/mol. The molecule has 0 radical (unpaired) electrons. The first kappa shape index (κ1) is 11.1. The summed E-state index contributed by atoms with van der Waals surface area (Å²) in [7, 11) is 0. The maximum atomic E-state index is 6.14. The minimum Gasteiger partial charge on any atom is -0.232 e. The molecule has 0 atom stereocenters. The molecule has 2 nitrogen and oxygen atoms in total. The molecule has 0 N–H and O–H groups in total. The molecule has 0 saturated carbocycles. The van der Waals surface area contributed by atoms with Crippen molar-refractivity contribution >= 4 is 22.5 Å². The van der Waals surface area contributed by atoms with Gasteiger partial charge in [0.15, 0.2) is 0 Å². The van der Waals surface area contributed by atoms with Crippen LogP contribution in [0.4, 0.5) is 0 Å². The van der Waals surface area contributed by atoms with Crippen LogP contribution in [0.1, 0.15) is 19.7 Å². The van der Waals surface area contributed by atoms with Crippen LogP contribution in [0.3, 0.4) is 0 Å². The van der Waals surface area contributed by atoms with Gasteiger partial charge in [-0.25, -0.2) is 9.97 Å². The van der Waals surface area contributed by atoms with Gasteiger partial charge in [-0.3, -0.25) is 0 Å². The normalized spacial score (nSPS) is 11.7. The van der Waals surface area contributed by atoms with Crippen LogP contribution < -0.4 is 0 Å². The van der Waals surface area contributed by atoms with E-state index in [4.69, 9.17) is 11.6 Å². The van der Waals surface area contributed by atoms with Crippen LogP contribution in [0.2, 0.25) is 5.15 Å². The Hall–Kier alpha value is -1.41. The largest absolute Gasteiger partial charge is 0.232 e. The van der Waals surface area contributed by atoms with Crippen molar-refractivity contribution in [2.24, 2.45) is 0 Å². The van der Waals surface area contributed by atoms with Crippen molar-refractivity contribution in [3.8, 4) is 0 Å². The zero-order valence-corrected chi connectivity index (χ0v) is 10.1. The highest BCUT2D eigenvalue weighted by Crippen LogP contribution is 2.26. The maximum Gasteiger partial charge on any atom is 0.140 e. The van der Waals surface area contributed by atoms with Gasteiger partial charge in [0.2, 0.25) is 0 Å². The topological polar surface area (TPSA) is 25.8 Å². The summed E-state index contributed by atoms with van der Waals surface area (Å²) in [5, 5.41) is 1.38. The van der Waals surface area contributed by atoms with Crippen LogP contribution in [-0.4, -0.2) is 9.97 Å². The number of fused-ring (bicyclic) bond motifs is 1. The van der Waals surface area contributed by atoms with E-state index in [1.165, 1.54) is 0 Å². The Morgan fingerprint density at radius 3 is 2.62 bits per heavy atom. The highest BCUT2D eigenvalue weighted by Gasteiger charge is 2.21. The van der Waals surface area contributed by atoms with Crippen molar-refractivity contribution in [3.05, 3.63) is 47.9 Å². The van der Waals surface area contributed by atoms with E-state index in [2.05, 4.69) is 16.5 Å². The number of benzene rings is 1. The minimum atomic E-state index is -0.270. The molecular formula is C13H13ClN2. The van der Waals surface area contributed by atoms with E-state index in [0.29, 0.717) is 11.0 Å². The molecule has 2 aromatic rings. The van der Waals surface area contributed by atoms with Gasteiger partial charge >= 0.3 is 0 Å². The fourth-order valence-electron chi connectivity index (χ4n) is 1.42. The molecule has 0 amide bonds. The molecule has 1 heterocycles. The number of rotatable bonds is 2. The minimum absolute atomic E-state index is 0.270. The van der Waals surface area contributed by atoms with Crippen molar-refractivity contribution in [2.45, 2.75) is 19.3 Å². The van der Waals surface area contributed by atoms with E-state index in [1.54, 1.807) is 0 Å². The fraction of sp³-hybridized carbons (Fsp3) is 0.231. The molecule has 0 unspecified atom stereocenters. The molecule has 2 rings (SSSR count). The molecule has 1 aromatic heterocycles. The van der Waals surface area contributed by atoms with Gasteiger partial charge in [-0.15, -0.1) is 6.58 Å². The van der Waals surface area contributed by atoms with Gasteiger partial charge in [0.25, 0.3) is 0 Å². The summed E-state index contributed by atoms with van der Waals surface area (Å²) in [5.74, 6) is 0.700. The molecule has 0 fully saturated rings. The molecule has 0 aliphatic rings. The van der Waals surface area contributed by atoms with Crippen LogP contribution in [-0.2, 0) is 5.41 Å². The smallest absolute Gasteiger partial charge is 0.140 e. The second-order valence-corrected chi connectivity index (χ2v) is 4.64. The van der Waals surface area contributed by atoms with Crippen LogP contribution in [0, 0.1) is 0 Å². The zero-order chi connectivity index (χ0) is 11.8. The van der Waals surface area contributed by atoms with Gasteiger partial charge in [-0.2, -0.15) is 0 Å². The predicted octanol–water partition coefficient (Wildman–Crippen LogP) is 3.75. The Bertz CT molecular complexity index is 547. The quantitative estimate of drug-likeness (QED) is 0.582. The molecule has 0 bridgehead atoms. The lowest BCUT2D eigenvalue weighted by molar-refractivity contribution is 0.620. The van der Waals surface area contributed by atoms with E-state index in [9.17, 15) is 0 Å².